The first-order chi connectivity index (χ1) is 9.95. The van der Waals surface area contributed by atoms with Crippen LogP contribution < -0.4 is 4.72 Å². The molecule has 0 aliphatic rings. The summed E-state index contributed by atoms with van der Waals surface area (Å²) in [7, 11) is -4.14. The van der Waals surface area contributed by atoms with E-state index in [1.54, 1.807) is 6.20 Å². The predicted molar refractivity (Wildman–Crippen MR) is 69.8 cm³/mol. The number of aliphatic hydroxyl groups excluding tert-OH is 1. The first kappa shape index (κ1) is 15.5. The van der Waals surface area contributed by atoms with Crippen molar-refractivity contribution in [3.63, 3.8) is 0 Å². The Hall–Kier alpha value is -1.84. The van der Waals surface area contributed by atoms with Crippen LogP contribution in [0.2, 0.25) is 0 Å². The number of hydrogen-bond acceptors (Lipinski definition) is 4. The quantitative estimate of drug-likeness (QED) is 0.731. The summed E-state index contributed by atoms with van der Waals surface area (Å²) < 4.78 is 53.3. The Morgan fingerprint density at radius 3 is 2.71 bits per heavy atom. The lowest BCUT2D eigenvalue weighted by atomic mass is 10.2. The normalized spacial score (nSPS) is 11.8. The third-order valence-corrected chi connectivity index (χ3v) is 4.29. The van der Waals surface area contributed by atoms with E-state index in [0.29, 0.717) is 12.2 Å². The molecule has 1 heterocycles. The highest BCUT2D eigenvalue weighted by molar-refractivity contribution is 7.89. The number of sulfonamides is 1. The van der Waals surface area contributed by atoms with Gasteiger partial charge in [0.25, 0.3) is 0 Å². The molecule has 0 aliphatic carbocycles. The van der Waals surface area contributed by atoms with Crippen LogP contribution in [0.5, 0.6) is 0 Å². The maximum atomic E-state index is 13.9. The predicted octanol–water partition coefficient (Wildman–Crippen LogP) is 0.701. The fraction of sp³-hybridized carbons (Fsp3) is 0.250. The third kappa shape index (κ3) is 3.43. The highest BCUT2D eigenvalue weighted by atomic mass is 32.2. The molecule has 0 saturated carbocycles. The van der Waals surface area contributed by atoms with E-state index < -0.39 is 38.7 Å². The van der Waals surface area contributed by atoms with Gasteiger partial charge in [-0.1, -0.05) is 0 Å². The third-order valence-electron chi connectivity index (χ3n) is 2.81. The second kappa shape index (κ2) is 6.29. The van der Waals surface area contributed by atoms with Gasteiger partial charge in [0.2, 0.25) is 10.0 Å². The molecule has 3 N–H and O–H groups in total. The fourth-order valence-corrected chi connectivity index (χ4v) is 2.88. The summed E-state index contributed by atoms with van der Waals surface area (Å²) in [6.45, 7) is -0.922. The highest BCUT2D eigenvalue weighted by Gasteiger charge is 2.23. The minimum atomic E-state index is -4.14. The number of aromatic nitrogens is 2. The summed E-state index contributed by atoms with van der Waals surface area (Å²) in [5, 5.41) is 8.88. The molecule has 0 amide bonds. The van der Waals surface area contributed by atoms with E-state index in [1.165, 1.54) is 6.20 Å². The minimum Gasteiger partial charge on any atom is -0.391 e. The van der Waals surface area contributed by atoms with Crippen molar-refractivity contribution in [3.05, 3.63) is 47.5 Å². The van der Waals surface area contributed by atoms with Gasteiger partial charge in [0.05, 0.1) is 12.2 Å². The summed E-state index contributed by atoms with van der Waals surface area (Å²) >= 11 is 0. The lowest BCUT2D eigenvalue weighted by Gasteiger charge is -2.09. The molecule has 2 aromatic rings. The molecular weight excluding hydrogens is 304 g/mol. The number of nitrogens with one attached hydrogen (secondary N) is 2. The second-order valence-corrected chi connectivity index (χ2v) is 5.92. The van der Waals surface area contributed by atoms with Gasteiger partial charge in [-0.15, -0.1) is 0 Å². The summed E-state index contributed by atoms with van der Waals surface area (Å²) in [6.07, 6.45) is 3.41. The number of aliphatic hydroxyl groups is 1. The summed E-state index contributed by atoms with van der Waals surface area (Å²) in [5.41, 5.74) is -0.677. The van der Waals surface area contributed by atoms with Gasteiger partial charge in [-0.05, 0) is 12.1 Å². The molecule has 9 heteroatoms. The van der Waals surface area contributed by atoms with Crippen LogP contribution in [0.15, 0.2) is 29.4 Å². The van der Waals surface area contributed by atoms with E-state index in [1.807, 2.05) is 0 Å². The molecule has 6 nitrogen and oxygen atoms in total. The zero-order valence-electron chi connectivity index (χ0n) is 10.8. The van der Waals surface area contributed by atoms with Crippen LogP contribution in [0.3, 0.4) is 0 Å². The van der Waals surface area contributed by atoms with Gasteiger partial charge in [-0.2, -0.15) is 0 Å². The molecule has 21 heavy (non-hydrogen) atoms. The average Bonchev–Trinajstić information content (AvgIpc) is 2.92. The molecule has 1 aromatic heterocycles. The van der Waals surface area contributed by atoms with Crippen molar-refractivity contribution in [1.29, 1.82) is 0 Å². The molecule has 0 bridgehead atoms. The molecule has 0 unspecified atom stereocenters. The van der Waals surface area contributed by atoms with Crippen molar-refractivity contribution in [2.45, 2.75) is 17.9 Å². The van der Waals surface area contributed by atoms with Crippen LogP contribution in [0.25, 0.3) is 0 Å². The van der Waals surface area contributed by atoms with Crippen molar-refractivity contribution in [2.75, 3.05) is 6.54 Å². The maximum Gasteiger partial charge on any atom is 0.243 e. The molecule has 1 aromatic carbocycles. The zero-order chi connectivity index (χ0) is 15.5. The molecule has 0 aliphatic heterocycles. The van der Waals surface area contributed by atoms with E-state index in [9.17, 15) is 17.2 Å². The molecule has 2 rings (SSSR count). The molecule has 0 spiro atoms. The second-order valence-electron chi connectivity index (χ2n) is 4.18. The van der Waals surface area contributed by atoms with Crippen molar-refractivity contribution in [2.24, 2.45) is 0 Å². The van der Waals surface area contributed by atoms with Gasteiger partial charge in [0.15, 0.2) is 5.82 Å². The Morgan fingerprint density at radius 2 is 2.10 bits per heavy atom. The van der Waals surface area contributed by atoms with Crippen LogP contribution >= 0.6 is 0 Å². The summed E-state index contributed by atoms with van der Waals surface area (Å²) in [5.74, 6) is -1.71. The fourth-order valence-electron chi connectivity index (χ4n) is 1.74. The molecule has 0 atom stereocenters. The van der Waals surface area contributed by atoms with Crippen LogP contribution in [0.4, 0.5) is 8.78 Å². The van der Waals surface area contributed by atoms with Gasteiger partial charge >= 0.3 is 0 Å². The van der Waals surface area contributed by atoms with Crippen molar-refractivity contribution in [3.8, 4) is 0 Å². The van der Waals surface area contributed by atoms with Crippen molar-refractivity contribution in [1.82, 2.24) is 14.7 Å². The Balaban J connectivity index is 2.16. The van der Waals surface area contributed by atoms with Gasteiger partial charge in [-0.25, -0.2) is 26.9 Å². The average molecular weight is 317 g/mol. The van der Waals surface area contributed by atoms with Gasteiger partial charge in [0.1, 0.15) is 16.5 Å². The van der Waals surface area contributed by atoms with Crippen LogP contribution in [-0.2, 0) is 23.1 Å². The number of imidazole rings is 1. The van der Waals surface area contributed by atoms with E-state index in [2.05, 4.69) is 14.7 Å². The van der Waals surface area contributed by atoms with Gasteiger partial charge in [-0.3, -0.25) is 0 Å². The van der Waals surface area contributed by atoms with E-state index in [4.69, 9.17) is 5.11 Å². The van der Waals surface area contributed by atoms with Crippen molar-refractivity contribution < 1.29 is 22.3 Å². The topological polar surface area (TPSA) is 95.1 Å². The Kier molecular flexibility index (Phi) is 4.66. The molecular formula is C12H13F2N3O3S. The standard InChI is InChI=1S/C12H13F2N3O3S/c13-9-1-2-10(12(14)8(9)7-18)21(19,20)17-4-3-11-15-5-6-16-11/h1-2,5-6,17-18H,3-4,7H2,(H,15,16). The number of halogens is 2. The number of rotatable bonds is 6. The largest absolute Gasteiger partial charge is 0.391 e. The minimum absolute atomic E-state index is 0.00111. The molecule has 0 radical (unpaired) electrons. The van der Waals surface area contributed by atoms with Gasteiger partial charge in [0, 0.05) is 25.4 Å². The van der Waals surface area contributed by atoms with Crippen LogP contribution in [-0.4, -0.2) is 30.0 Å². The Bertz CT molecular complexity index is 718. The molecule has 0 fully saturated rings. The van der Waals surface area contributed by atoms with Crippen molar-refractivity contribution >= 4 is 10.0 Å². The number of nitrogens with zero attached hydrogens (tertiary/aromatic N) is 1. The number of hydrogen-bond donors (Lipinski definition) is 3. The van der Waals surface area contributed by atoms with Crippen LogP contribution in [0.1, 0.15) is 11.4 Å². The lowest BCUT2D eigenvalue weighted by Crippen LogP contribution is -2.27. The molecule has 114 valence electrons. The number of aromatic amines is 1. The first-order valence-corrected chi connectivity index (χ1v) is 7.49. The Labute approximate surface area is 119 Å². The first-order valence-electron chi connectivity index (χ1n) is 6.01. The number of H-pyrrole nitrogens is 1. The lowest BCUT2D eigenvalue weighted by molar-refractivity contribution is 0.267. The number of benzene rings is 1. The SMILES string of the molecule is O=S(=O)(NCCc1ncc[nH]1)c1ccc(F)c(CO)c1F. The van der Waals surface area contributed by atoms with E-state index in [-0.39, 0.29) is 6.54 Å². The maximum absolute atomic E-state index is 13.9. The Morgan fingerprint density at radius 1 is 1.33 bits per heavy atom. The summed E-state index contributed by atoms with van der Waals surface area (Å²) in [6, 6.07) is 1.62. The van der Waals surface area contributed by atoms with E-state index in [0.717, 1.165) is 12.1 Å². The zero-order valence-corrected chi connectivity index (χ0v) is 11.6. The van der Waals surface area contributed by atoms with Crippen LogP contribution in [0, 0.1) is 11.6 Å². The van der Waals surface area contributed by atoms with E-state index >= 15 is 0 Å². The monoisotopic (exact) mass is 317 g/mol. The van der Waals surface area contributed by atoms with Gasteiger partial charge < -0.3 is 10.1 Å². The summed E-state index contributed by atoms with van der Waals surface area (Å²) in [4.78, 5) is 6.01. The molecule has 0 saturated heterocycles. The highest BCUT2D eigenvalue weighted by Crippen LogP contribution is 2.20. The smallest absolute Gasteiger partial charge is 0.243 e.